The molecule has 0 fully saturated rings. The van der Waals surface area contributed by atoms with E-state index in [0.29, 0.717) is 22.2 Å². The maximum atomic E-state index is 11.5. The van der Waals surface area contributed by atoms with Gasteiger partial charge in [-0.25, -0.2) is 4.79 Å². The summed E-state index contributed by atoms with van der Waals surface area (Å²) in [6.07, 6.45) is 0.172. The molecule has 0 aliphatic carbocycles. The maximum absolute atomic E-state index is 11.5. The van der Waals surface area contributed by atoms with Crippen LogP contribution in [0.5, 0.6) is 5.75 Å². The lowest BCUT2D eigenvalue weighted by atomic mass is 9.89. The summed E-state index contributed by atoms with van der Waals surface area (Å²) in [4.78, 5) is 11.5. The lowest BCUT2D eigenvalue weighted by molar-refractivity contribution is 0.0697. The Morgan fingerprint density at radius 3 is 2.54 bits per heavy atom. The highest BCUT2D eigenvalue weighted by molar-refractivity contribution is 7.80. The molecule has 1 unspecified atom stereocenters. The number of halogens is 1. The molecule has 28 heavy (non-hydrogen) atoms. The van der Waals surface area contributed by atoms with Gasteiger partial charge < -0.3 is 20.1 Å². The van der Waals surface area contributed by atoms with Gasteiger partial charge in [-0.2, -0.15) is 0 Å². The molecule has 3 rings (SSSR count). The smallest absolute Gasteiger partial charge is 0.411 e. The van der Waals surface area contributed by atoms with Crippen molar-refractivity contribution in [3.05, 3.63) is 53.1 Å². The second-order valence-corrected chi connectivity index (χ2v) is 7.94. The zero-order chi connectivity index (χ0) is 20.3. The molecule has 0 radical (unpaired) electrons. The molecule has 1 heterocycles. The first-order valence-electron chi connectivity index (χ1n) is 8.77. The van der Waals surface area contributed by atoms with Gasteiger partial charge in [0.2, 0.25) is 0 Å². The monoisotopic (exact) mass is 419 g/mol. The Bertz CT molecular complexity index is 887. The van der Waals surface area contributed by atoms with Crippen molar-refractivity contribution in [2.75, 3.05) is 17.7 Å². The van der Waals surface area contributed by atoms with Crippen molar-refractivity contribution in [3.63, 3.8) is 0 Å². The normalized spacial score (nSPS) is 16.9. The third-order valence-corrected chi connectivity index (χ3v) is 4.78. The Morgan fingerprint density at radius 2 is 1.86 bits per heavy atom. The lowest BCUT2D eigenvalue weighted by Gasteiger charge is -2.38. The van der Waals surface area contributed by atoms with Crippen LogP contribution in [0, 0.1) is 0 Å². The lowest BCUT2D eigenvalue weighted by Crippen LogP contribution is -2.42. The highest BCUT2D eigenvalue weighted by Crippen LogP contribution is 2.40. The molecule has 1 aliphatic heterocycles. The van der Waals surface area contributed by atoms with Crippen LogP contribution in [0.3, 0.4) is 0 Å². The third-order valence-electron chi connectivity index (χ3n) is 4.31. The van der Waals surface area contributed by atoms with E-state index in [-0.39, 0.29) is 11.6 Å². The van der Waals surface area contributed by atoms with Crippen LogP contribution < -0.4 is 20.7 Å². The van der Waals surface area contributed by atoms with E-state index in [9.17, 15) is 4.79 Å². The number of amides is 1. The minimum absolute atomic E-state index is 0.0922. The van der Waals surface area contributed by atoms with Crippen LogP contribution in [0.25, 0.3) is 0 Å². The number of carbonyl (C=O) groups excluding carboxylic acids is 1. The molecule has 0 spiro atoms. The van der Waals surface area contributed by atoms with Crippen molar-refractivity contribution in [3.8, 4) is 5.75 Å². The van der Waals surface area contributed by atoms with Gasteiger partial charge in [0.1, 0.15) is 11.4 Å². The predicted molar refractivity (Wildman–Crippen MR) is 115 cm³/mol. The molecule has 148 valence electrons. The second kappa shape index (κ2) is 8.24. The van der Waals surface area contributed by atoms with Crippen molar-refractivity contribution in [2.45, 2.75) is 31.9 Å². The van der Waals surface area contributed by atoms with E-state index in [4.69, 9.17) is 28.6 Å². The van der Waals surface area contributed by atoms with Gasteiger partial charge in [-0.05, 0) is 68.5 Å². The number of carbonyl (C=O) groups is 1. The number of anilines is 2. The molecule has 0 bridgehead atoms. The van der Waals surface area contributed by atoms with Crippen molar-refractivity contribution >= 4 is 46.4 Å². The summed E-state index contributed by atoms with van der Waals surface area (Å²) in [7, 11) is 1.32. The number of rotatable bonds is 3. The molecular weight excluding hydrogens is 398 g/mol. The van der Waals surface area contributed by atoms with Crippen LogP contribution >= 0.6 is 23.8 Å². The summed E-state index contributed by atoms with van der Waals surface area (Å²) >= 11 is 11.4. The van der Waals surface area contributed by atoms with Gasteiger partial charge in [-0.1, -0.05) is 11.6 Å². The quantitative estimate of drug-likeness (QED) is 0.600. The summed E-state index contributed by atoms with van der Waals surface area (Å²) in [6.45, 7) is 4.06. The van der Waals surface area contributed by atoms with Crippen LogP contribution in [0.1, 0.15) is 31.9 Å². The number of hydrogen-bond acceptors (Lipinski definition) is 4. The number of ether oxygens (including phenoxy) is 2. The van der Waals surface area contributed by atoms with Crippen LogP contribution in [0.4, 0.5) is 16.2 Å². The summed E-state index contributed by atoms with van der Waals surface area (Å²) in [5.41, 5.74) is 2.01. The average Bonchev–Trinajstić information content (AvgIpc) is 2.63. The number of benzene rings is 2. The van der Waals surface area contributed by atoms with Crippen molar-refractivity contribution < 1.29 is 14.3 Å². The van der Waals surface area contributed by atoms with Gasteiger partial charge in [-0.3, -0.25) is 5.32 Å². The molecule has 1 amide bonds. The zero-order valence-corrected chi connectivity index (χ0v) is 17.4. The molecule has 3 N–H and O–H groups in total. The first kappa shape index (κ1) is 20.2. The highest BCUT2D eigenvalue weighted by atomic mass is 35.5. The summed E-state index contributed by atoms with van der Waals surface area (Å²) in [5.74, 6) is 0.749. The molecule has 6 nitrogen and oxygen atoms in total. The van der Waals surface area contributed by atoms with Gasteiger partial charge in [0.15, 0.2) is 5.11 Å². The van der Waals surface area contributed by atoms with Crippen molar-refractivity contribution in [1.82, 2.24) is 5.32 Å². The second-order valence-electron chi connectivity index (χ2n) is 7.09. The maximum Gasteiger partial charge on any atom is 0.411 e. The number of thiocarbonyl (C=S) groups is 1. The Hall–Kier alpha value is -2.51. The summed E-state index contributed by atoms with van der Waals surface area (Å²) < 4.78 is 10.7. The number of nitrogens with one attached hydrogen (secondary N) is 3. The Morgan fingerprint density at radius 1 is 1.18 bits per heavy atom. The topological polar surface area (TPSA) is 71.6 Å². The average molecular weight is 420 g/mol. The van der Waals surface area contributed by atoms with Gasteiger partial charge in [-0.15, -0.1) is 0 Å². The van der Waals surface area contributed by atoms with Gasteiger partial charge in [0.25, 0.3) is 0 Å². The first-order chi connectivity index (χ1) is 13.3. The van der Waals surface area contributed by atoms with E-state index in [0.717, 1.165) is 17.0 Å². The van der Waals surface area contributed by atoms with Gasteiger partial charge in [0.05, 0.1) is 13.2 Å². The highest BCUT2D eigenvalue weighted by Gasteiger charge is 2.34. The first-order valence-corrected chi connectivity index (χ1v) is 9.55. The number of hydrogen-bond donors (Lipinski definition) is 3. The molecule has 0 saturated heterocycles. The Balaban J connectivity index is 1.79. The van der Waals surface area contributed by atoms with Gasteiger partial charge in [0, 0.05) is 28.4 Å². The molecule has 0 saturated carbocycles. The Labute approximate surface area is 174 Å². The fourth-order valence-electron chi connectivity index (χ4n) is 3.09. The van der Waals surface area contributed by atoms with E-state index in [1.165, 1.54) is 7.11 Å². The van der Waals surface area contributed by atoms with Gasteiger partial charge >= 0.3 is 6.09 Å². The van der Waals surface area contributed by atoms with E-state index in [2.05, 4.69) is 20.7 Å². The van der Waals surface area contributed by atoms with Crippen LogP contribution in [0.15, 0.2) is 42.5 Å². The summed E-state index contributed by atoms with van der Waals surface area (Å²) in [5, 5.41) is 10.3. The van der Waals surface area contributed by atoms with Crippen molar-refractivity contribution in [2.24, 2.45) is 0 Å². The van der Waals surface area contributed by atoms with E-state index in [1.807, 2.05) is 38.1 Å². The Kier molecular flexibility index (Phi) is 5.96. The van der Waals surface area contributed by atoms with Crippen molar-refractivity contribution in [1.29, 1.82) is 0 Å². The van der Waals surface area contributed by atoms with Crippen LogP contribution in [-0.2, 0) is 4.74 Å². The fourth-order valence-corrected chi connectivity index (χ4v) is 3.47. The summed E-state index contributed by atoms with van der Waals surface area (Å²) in [6, 6.07) is 12.7. The molecular formula is C20H22ClN3O3S. The van der Waals surface area contributed by atoms with Crippen LogP contribution in [-0.4, -0.2) is 23.9 Å². The SMILES string of the molecule is COC(=O)Nc1ccc2c(c1)C(NC(=S)Nc1ccc(Cl)cc1)CC(C)(C)O2. The number of methoxy groups -OCH3 is 1. The molecule has 2 aromatic rings. The van der Waals surface area contributed by atoms with E-state index in [1.54, 1.807) is 18.2 Å². The molecule has 1 aliphatic rings. The standard InChI is InChI=1S/C20H22ClN3O3S/c1-20(2)11-16(24-18(28)22-13-6-4-12(21)5-7-13)15-10-14(23-19(25)26-3)8-9-17(15)27-20/h4-10,16H,11H2,1-3H3,(H,23,25)(H2,22,24,28). The third kappa shape index (κ3) is 5.05. The minimum Gasteiger partial charge on any atom is -0.487 e. The fraction of sp³-hybridized carbons (Fsp3) is 0.300. The molecule has 1 atom stereocenters. The molecule has 2 aromatic carbocycles. The van der Waals surface area contributed by atoms with E-state index < -0.39 is 6.09 Å². The largest absolute Gasteiger partial charge is 0.487 e. The van der Waals surface area contributed by atoms with Crippen LogP contribution in [0.2, 0.25) is 5.02 Å². The predicted octanol–water partition coefficient (Wildman–Crippen LogP) is 5.11. The zero-order valence-electron chi connectivity index (χ0n) is 15.8. The number of fused-ring (bicyclic) bond motifs is 1. The molecule has 0 aromatic heterocycles. The van der Waals surface area contributed by atoms with E-state index >= 15 is 0 Å². The minimum atomic E-state index is -0.526. The molecule has 8 heteroatoms.